The minimum absolute atomic E-state index is 0.444. The van der Waals surface area contributed by atoms with E-state index in [-0.39, 0.29) is 0 Å². The van der Waals surface area contributed by atoms with Crippen LogP contribution in [-0.2, 0) is 17.9 Å². The standard InChI is InChI=1S/C16H31N3O2/c1-12(2)17-10-15-9-16(21-18-15)11-20-8-7-19(13(3)4)14(5)6/h9,12-14,17H,7-8,10-11H2,1-6H3. The minimum atomic E-state index is 0.444. The second kappa shape index (κ2) is 9.18. The smallest absolute Gasteiger partial charge is 0.162 e. The van der Waals surface area contributed by atoms with Crippen LogP contribution in [0, 0.1) is 0 Å². The molecule has 0 amide bonds. The van der Waals surface area contributed by atoms with Crippen molar-refractivity contribution in [3.63, 3.8) is 0 Å². The van der Waals surface area contributed by atoms with E-state index in [2.05, 4.69) is 56.9 Å². The highest BCUT2D eigenvalue weighted by Crippen LogP contribution is 2.07. The molecular formula is C16H31N3O2. The Morgan fingerprint density at radius 1 is 1.19 bits per heavy atom. The molecule has 0 aliphatic carbocycles. The van der Waals surface area contributed by atoms with Crippen LogP contribution >= 0.6 is 0 Å². The molecule has 0 atom stereocenters. The molecule has 0 saturated carbocycles. The van der Waals surface area contributed by atoms with Crippen molar-refractivity contribution in [2.45, 2.75) is 72.8 Å². The van der Waals surface area contributed by atoms with Crippen LogP contribution in [0.3, 0.4) is 0 Å². The maximum atomic E-state index is 5.69. The predicted octanol–water partition coefficient (Wildman–Crippen LogP) is 2.81. The van der Waals surface area contributed by atoms with Crippen LogP contribution in [-0.4, -0.2) is 41.3 Å². The first-order chi connectivity index (χ1) is 9.90. The first kappa shape index (κ1) is 18.1. The van der Waals surface area contributed by atoms with Crippen LogP contribution in [0.15, 0.2) is 10.6 Å². The van der Waals surface area contributed by atoms with Crippen molar-refractivity contribution in [3.8, 4) is 0 Å². The molecule has 1 aromatic rings. The molecule has 1 N–H and O–H groups in total. The quantitative estimate of drug-likeness (QED) is 0.673. The number of ether oxygens (including phenoxy) is 1. The van der Waals surface area contributed by atoms with Crippen molar-refractivity contribution >= 4 is 0 Å². The molecule has 1 heterocycles. The van der Waals surface area contributed by atoms with E-state index >= 15 is 0 Å². The van der Waals surface area contributed by atoms with Crippen LogP contribution in [0.5, 0.6) is 0 Å². The third-order valence-electron chi connectivity index (χ3n) is 3.36. The van der Waals surface area contributed by atoms with Crippen LogP contribution in [0.25, 0.3) is 0 Å². The highest BCUT2D eigenvalue weighted by molar-refractivity contribution is 5.04. The molecular weight excluding hydrogens is 266 g/mol. The van der Waals surface area contributed by atoms with Gasteiger partial charge in [-0.1, -0.05) is 19.0 Å². The molecule has 122 valence electrons. The summed E-state index contributed by atoms with van der Waals surface area (Å²) in [5.41, 5.74) is 0.924. The van der Waals surface area contributed by atoms with Gasteiger partial charge in [-0.15, -0.1) is 0 Å². The Morgan fingerprint density at radius 3 is 2.43 bits per heavy atom. The summed E-state index contributed by atoms with van der Waals surface area (Å²) in [6.07, 6.45) is 0. The number of hydrogen-bond acceptors (Lipinski definition) is 5. The maximum Gasteiger partial charge on any atom is 0.162 e. The summed E-state index contributed by atoms with van der Waals surface area (Å²) in [5, 5.41) is 7.34. The largest absolute Gasteiger partial charge is 0.372 e. The number of rotatable bonds is 10. The molecule has 1 rings (SSSR count). The number of aromatic nitrogens is 1. The van der Waals surface area contributed by atoms with E-state index in [9.17, 15) is 0 Å². The van der Waals surface area contributed by atoms with Crippen molar-refractivity contribution in [1.82, 2.24) is 15.4 Å². The predicted molar refractivity (Wildman–Crippen MR) is 85.1 cm³/mol. The molecule has 0 aromatic carbocycles. The zero-order valence-corrected chi connectivity index (χ0v) is 14.3. The molecule has 0 aliphatic heterocycles. The summed E-state index contributed by atoms with van der Waals surface area (Å²) in [6.45, 7) is 15.9. The zero-order chi connectivity index (χ0) is 15.8. The van der Waals surface area contributed by atoms with Gasteiger partial charge in [-0.3, -0.25) is 4.90 Å². The van der Waals surface area contributed by atoms with Crippen LogP contribution in [0.2, 0.25) is 0 Å². The highest BCUT2D eigenvalue weighted by Gasteiger charge is 2.13. The molecule has 21 heavy (non-hydrogen) atoms. The molecule has 0 unspecified atom stereocenters. The number of nitrogens with zero attached hydrogens (tertiary/aromatic N) is 2. The van der Waals surface area contributed by atoms with Crippen molar-refractivity contribution in [2.75, 3.05) is 13.2 Å². The number of hydrogen-bond donors (Lipinski definition) is 1. The fraction of sp³-hybridized carbons (Fsp3) is 0.812. The Morgan fingerprint density at radius 2 is 1.86 bits per heavy atom. The third-order valence-corrected chi connectivity index (χ3v) is 3.36. The van der Waals surface area contributed by atoms with Crippen LogP contribution in [0.1, 0.15) is 53.0 Å². The van der Waals surface area contributed by atoms with Gasteiger partial charge < -0.3 is 14.6 Å². The Kier molecular flexibility index (Phi) is 7.93. The molecule has 5 nitrogen and oxygen atoms in total. The van der Waals surface area contributed by atoms with E-state index in [1.165, 1.54) is 0 Å². The van der Waals surface area contributed by atoms with Crippen molar-refractivity contribution in [3.05, 3.63) is 17.5 Å². The Balaban J connectivity index is 2.26. The lowest BCUT2D eigenvalue weighted by Gasteiger charge is -2.30. The second-order valence-electron chi connectivity index (χ2n) is 6.30. The van der Waals surface area contributed by atoms with Gasteiger partial charge in [0.25, 0.3) is 0 Å². The van der Waals surface area contributed by atoms with E-state index in [0.717, 1.165) is 24.5 Å². The van der Waals surface area contributed by atoms with E-state index < -0.39 is 0 Å². The van der Waals surface area contributed by atoms with Crippen molar-refractivity contribution in [1.29, 1.82) is 0 Å². The van der Waals surface area contributed by atoms with Gasteiger partial charge >= 0.3 is 0 Å². The summed E-state index contributed by atoms with van der Waals surface area (Å²) in [5.74, 6) is 0.788. The first-order valence-electron chi connectivity index (χ1n) is 7.91. The summed E-state index contributed by atoms with van der Waals surface area (Å²) < 4.78 is 11.0. The maximum absolute atomic E-state index is 5.69. The molecule has 1 aromatic heterocycles. The van der Waals surface area contributed by atoms with Gasteiger partial charge in [0.15, 0.2) is 5.76 Å². The number of nitrogens with one attached hydrogen (secondary N) is 1. The van der Waals surface area contributed by atoms with Crippen molar-refractivity contribution < 1.29 is 9.26 Å². The Bertz CT molecular complexity index is 381. The average Bonchev–Trinajstić information content (AvgIpc) is 2.83. The summed E-state index contributed by atoms with van der Waals surface area (Å²) >= 11 is 0. The van der Waals surface area contributed by atoms with Crippen LogP contribution < -0.4 is 5.32 Å². The summed E-state index contributed by atoms with van der Waals surface area (Å²) in [4.78, 5) is 2.42. The lowest BCUT2D eigenvalue weighted by atomic mass is 10.2. The molecule has 0 fully saturated rings. The summed E-state index contributed by atoms with van der Waals surface area (Å²) in [7, 11) is 0. The van der Waals surface area contributed by atoms with E-state index in [4.69, 9.17) is 9.26 Å². The monoisotopic (exact) mass is 297 g/mol. The molecule has 0 bridgehead atoms. The molecule has 0 spiro atoms. The van der Waals surface area contributed by atoms with Gasteiger partial charge in [-0.05, 0) is 27.7 Å². The molecule has 0 saturated heterocycles. The van der Waals surface area contributed by atoms with Gasteiger partial charge in [0, 0.05) is 37.3 Å². The van der Waals surface area contributed by atoms with E-state index in [1.807, 2.05) is 6.07 Å². The van der Waals surface area contributed by atoms with Gasteiger partial charge in [-0.2, -0.15) is 0 Å². The lowest BCUT2D eigenvalue weighted by Crippen LogP contribution is -2.39. The Hall–Kier alpha value is -0.910. The molecule has 0 radical (unpaired) electrons. The zero-order valence-electron chi connectivity index (χ0n) is 14.3. The first-order valence-corrected chi connectivity index (χ1v) is 7.91. The van der Waals surface area contributed by atoms with Gasteiger partial charge in [-0.25, -0.2) is 0 Å². The highest BCUT2D eigenvalue weighted by atomic mass is 16.5. The van der Waals surface area contributed by atoms with Crippen LogP contribution in [0.4, 0.5) is 0 Å². The topological polar surface area (TPSA) is 50.5 Å². The van der Waals surface area contributed by atoms with Crippen molar-refractivity contribution in [2.24, 2.45) is 0 Å². The fourth-order valence-corrected chi connectivity index (χ4v) is 2.27. The minimum Gasteiger partial charge on any atom is -0.372 e. The van der Waals surface area contributed by atoms with Gasteiger partial charge in [0.1, 0.15) is 6.61 Å². The SMILES string of the molecule is CC(C)NCc1cc(COCCN(C(C)C)C(C)C)on1. The third kappa shape index (κ3) is 7.07. The second-order valence-corrected chi connectivity index (χ2v) is 6.30. The summed E-state index contributed by atoms with van der Waals surface area (Å²) in [6, 6.07) is 3.47. The lowest BCUT2D eigenvalue weighted by molar-refractivity contribution is 0.0596. The van der Waals surface area contributed by atoms with Gasteiger partial charge in [0.05, 0.1) is 12.3 Å². The molecule has 0 aliphatic rings. The fourth-order valence-electron chi connectivity index (χ4n) is 2.27. The average molecular weight is 297 g/mol. The molecule has 5 heteroatoms. The van der Waals surface area contributed by atoms with Gasteiger partial charge in [0.2, 0.25) is 0 Å². The normalized spacial score (nSPS) is 12.3. The van der Waals surface area contributed by atoms with E-state index in [1.54, 1.807) is 0 Å². The Labute approximate surface area is 129 Å². The van der Waals surface area contributed by atoms with E-state index in [0.29, 0.717) is 31.3 Å².